The monoisotopic (exact) mass is 499 g/mol. The number of methoxy groups -OCH3 is 3. The van der Waals surface area contributed by atoms with Crippen LogP contribution in [0.1, 0.15) is 31.1 Å². The van der Waals surface area contributed by atoms with Crippen LogP contribution in [0.5, 0.6) is 23.5 Å². The number of hydrogen-bond acceptors (Lipinski definition) is 10. The predicted molar refractivity (Wildman–Crippen MR) is 125 cm³/mol. The van der Waals surface area contributed by atoms with E-state index >= 15 is 0 Å². The van der Waals surface area contributed by atoms with Gasteiger partial charge in [-0.2, -0.15) is 9.97 Å². The molecular weight excluding hydrogens is 473 g/mol. The molecule has 0 aliphatic rings. The van der Waals surface area contributed by atoms with Crippen molar-refractivity contribution in [3.63, 3.8) is 0 Å². The molecule has 0 unspecified atom stereocenters. The van der Waals surface area contributed by atoms with Crippen LogP contribution in [0.4, 0.5) is 4.39 Å². The van der Waals surface area contributed by atoms with Gasteiger partial charge in [0, 0.05) is 10.5 Å². The van der Waals surface area contributed by atoms with E-state index in [1.54, 1.807) is 10.8 Å². The standard InChI is InChI=1S/C21H26FN3O6S2/c1-21(2,3)33-32-11-13(19(27)30-6)23-18(26)17-12(22)8-7-9-14(17)31-20-24-15(28-4)10-16(25-20)29-5/h7-10,13H,11H2,1-6H3,(H,23,26)/t13-/m1/s1. The number of aromatic nitrogens is 2. The Labute approximate surface area is 199 Å². The van der Waals surface area contributed by atoms with Gasteiger partial charge in [0.05, 0.1) is 27.4 Å². The van der Waals surface area contributed by atoms with Gasteiger partial charge in [0.1, 0.15) is 23.2 Å². The van der Waals surface area contributed by atoms with Crippen LogP contribution in [0.3, 0.4) is 0 Å². The van der Waals surface area contributed by atoms with Crippen molar-refractivity contribution in [2.75, 3.05) is 27.1 Å². The van der Waals surface area contributed by atoms with Crippen molar-refractivity contribution < 1.29 is 32.9 Å². The lowest BCUT2D eigenvalue weighted by atomic mass is 10.1. The molecule has 0 saturated heterocycles. The van der Waals surface area contributed by atoms with E-state index in [9.17, 15) is 14.0 Å². The summed E-state index contributed by atoms with van der Waals surface area (Å²) in [6.07, 6.45) is 0. The first kappa shape index (κ1) is 26.5. The second-order valence-electron chi connectivity index (χ2n) is 7.48. The number of halogens is 1. The fourth-order valence-corrected chi connectivity index (χ4v) is 4.82. The molecule has 1 heterocycles. The minimum Gasteiger partial charge on any atom is -0.481 e. The molecule has 9 nitrogen and oxygen atoms in total. The first-order valence-electron chi connectivity index (χ1n) is 9.70. The van der Waals surface area contributed by atoms with Crippen LogP contribution >= 0.6 is 21.6 Å². The van der Waals surface area contributed by atoms with Gasteiger partial charge in [-0.25, -0.2) is 9.18 Å². The van der Waals surface area contributed by atoms with Crippen molar-refractivity contribution in [2.45, 2.75) is 31.6 Å². The highest BCUT2D eigenvalue weighted by molar-refractivity contribution is 8.77. The van der Waals surface area contributed by atoms with E-state index < -0.39 is 29.3 Å². The van der Waals surface area contributed by atoms with Crippen LogP contribution in [0.25, 0.3) is 0 Å². The molecule has 0 aliphatic carbocycles. The summed E-state index contributed by atoms with van der Waals surface area (Å²) in [7, 11) is 6.96. The summed E-state index contributed by atoms with van der Waals surface area (Å²) in [4.78, 5) is 33.2. The fourth-order valence-electron chi connectivity index (χ4n) is 2.37. The number of nitrogens with one attached hydrogen (secondary N) is 1. The van der Waals surface area contributed by atoms with Gasteiger partial charge < -0.3 is 24.3 Å². The minimum absolute atomic E-state index is 0.0559. The predicted octanol–water partition coefficient (Wildman–Crippen LogP) is 3.88. The molecule has 0 radical (unpaired) electrons. The Kier molecular flexibility index (Phi) is 9.59. The highest BCUT2D eigenvalue weighted by Crippen LogP contribution is 2.35. The molecule has 2 aromatic rings. The number of carbonyl (C=O) groups is 2. The Hall–Kier alpha value is -2.73. The summed E-state index contributed by atoms with van der Waals surface area (Å²) in [5.74, 6) is -1.97. The number of esters is 1. The van der Waals surface area contributed by atoms with Gasteiger partial charge in [-0.05, 0) is 12.1 Å². The summed E-state index contributed by atoms with van der Waals surface area (Å²) in [5.41, 5.74) is -0.412. The van der Waals surface area contributed by atoms with E-state index in [1.165, 1.54) is 50.3 Å². The van der Waals surface area contributed by atoms with Crippen LogP contribution in [-0.4, -0.2) is 59.7 Å². The first-order chi connectivity index (χ1) is 15.6. The van der Waals surface area contributed by atoms with Gasteiger partial charge in [0.15, 0.2) is 0 Å². The van der Waals surface area contributed by atoms with Crippen molar-refractivity contribution in [3.05, 3.63) is 35.6 Å². The van der Waals surface area contributed by atoms with E-state index in [0.29, 0.717) is 0 Å². The number of carbonyl (C=O) groups excluding carboxylic acids is 2. The van der Waals surface area contributed by atoms with E-state index in [0.717, 1.165) is 6.07 Å². The van der Waals surface area contributed by atoms with Crippen molar-refractivity contribution in [3.8, 4) is 23.5 Å². The van der Waals surface area contributed by atoms with Gasteiger partial charge in [-0.15, -0.1) is 0 Å². The molecule has 0 fully saturated rings. The van der Waals surface area contributed by atoms with Crippen molar-refractivity contribution in [1.29, 1.82) is 0 Å². The van der Waals surface area contributed by atoms with Gasteiger partial charge in [0.25, 0.3) is 5.91 Å². The average molecular weight is 500 g/mol. The third kappa shape index (κ3) is 7.97. The molecule has 1 amide bonds. The van der Waals surface area contributed by atoms with Crippen LogP contribution in [0.2, 0.25) is 0 Å². The molecule has 1 aromatic carbocycles. The first-order valence-corrected chi connectivity index (χ1v) is 12.0. The lowest BCUT2D eigenvalue weighted by Crippen LogP contribution is -2.43. The van der Waals surface area contributed by atoms with Gasteiger partial charge in [0.2, 0.25) is 11.8 Å². The molecule has 0 aliphatic heterocycles. The molecule has 180 valence electrons. The van der Waals surface area contributed by atoms with Crippen LogP contribution in [0.15, 0.2) is 24.3 Å². The van der Waals surface area contributed by atoms with Crippen molar-refractivity contribution in [1.82, 2.24) is 15.3 Å². The molecule has 33 heavy (non-hydrogen) atoms. The third-order valence-corrected chi connectivity index (χ3v) is 7.16. The smallest absolute Gasteiger partial charge is 0.329 e. The molecule has 0 bridgehead atoms. The number of benzene rings is 1. The molecule has 1 atom stereocenters. The summed E-state index contributed by atoms with van der Waals surface area (Å²) in [6.45, 7) is 6.07. The Balaban J connectivity index is 2.28. The summed E-state index contributed by atoms with van der Waals surface area (Å²) in [5, 5.41) is 2.52. The maximum absolute atomic E-state index is 14.7. The zero-order valence-corrected chi connectivity index (χ0v) is 20.8. The Morgan fingerprint density at radius 3 is 2.30 bits per heavy atom. The maximum atomic E-state index is 14.7. The van der Waals surface area contributed by atoms with E-state index in [2.05, 4.69) is 15.3 Å². The highest BCUT2D eigenvalue weighted by Gasteiger charge is 2.27. The lowest BCUT2D eigenvalue weighted by molar-refractivity contribution is -0.142. The second kappa shape index (κ2) is 11.9. The zero-order valence-electron chi connectivity index (χ0n) is 19.1. The SMILES string of the molecule is COC(=O)[C@@H](CSSC(C)(C)C)NC(=O)c1c(F)cccc1Oc1nc(OC)cc(OC)n1. The van der Waals surface area contributed by atoms with Crippen LogP contribution in [-0.2, 0) is 9.53 Å². The van der Waals surface area contributed by atoms with E-state index in [4.69, 9.17) is 18.9 Å². The normalized spacial score (nSPS) is 12.0. The summed E-state index contributed by atoms with van der Waals surface area (Å²) < 4.78 is 35.1. The average Bonchev–Trinajstić information content (AvgIpc) is 2.76. The number of ether oxygens (including phenoxy) is 4. The number of hydrogen-bond donors (Lipinski definition) is 1. The van der Waals surface area contributed by atoms with Crippen LogP contribution in [0, 0.1) is 5.82 Å². The molecule has 2 rings (SSSR count). The molecule has 0 spiro atoms. The van der Waals surface area contributed by atoms with Gasteiger partial charge in [-0.3, -0.25) is 4.79 Å². The molecule has 1 N–H and O–H groups in total. The second-order valence-corrected chi connectivity index (χ2v) is 10.6. The number of nitrogens with zero attached hydrogens (tertiary/aromatic N) is 2. The Morgan fingerprint density at radius 2 is 1.76 bits per heavy atom. The number of rotatable bonds is 10. The van der Waals surface area contributed by atoms with E-state index in [-0.39, 0.29) is 34.0 Å². The minimum atomic E-state index is -0.997. The molecular formula is C21H26FN3O6S2. The van der Waals surface area contributed by atoms with E-state index in [1.807, 2.05) is 20.8 Å². The molecule has 0 saturated carbocycles. The molecule has 1 aromatic heterocycles. The zero-order chi connectivity index (χ0) is 24.6. The Bertz CT molecular complexity index is 965. The van der Waals surface area contributed by atoms with Crippen molar-refractivity contribution in [2.24, 2.45) is 0 Å². The van der Waals surface area contributed by atoms with Gasteiger partial charge >= 0.3 is 12.0 Å². The summed E-state index contributed by atoms with van der Waals surface area (Å²) >= 11 is 0. The fraction of sp³-hybridized carbons (Fsp3) is 0.429. The van der Waals surface area contributed by atoms with Crippen LogP contribution < -0.4 is 19.5 Å². The van der Waals surface area contributed by atoms with Gasteiger partial charge in [-0.1, -0.05) is 48.4 Å². The third-order valence-electron chi connectivity index (χ3n) is 3.82. The largest absolute Gasteiger partial charge is 0.481 e. The Morgan fingerprint density at radius 1 is 1.12 bits per heavy atom. The number of amides is 1. The maximum Gasteiger partial charge on any atom is 0.329 e. The topological polar surface area (TPSA) is 109 Å². The molecule has 12 heteroatoms. The quantitative estimate of drug-likeness (QED) is 0.382. The summed E-state index contributed by atoms with van der Waals surface area (Å²) in [6, 6.07) is 4.07. The lowest BCUT2D eigenvalue weighted by Gasteiger charge is -2.20. The van der Waals surface area contributed by atoms with Crippen molar-refractivity contribution >= 4 is 33.5 Å². The highest BCUT2D eigenvalue weighted by atomic mass is 33.1.